The summed E-state index contributed by atoms with van der Waals surface area (Å²) >= 11 is 0. The highest BCUT2D eigenvalue weighted by atomic mass is 16.5. The Morgan fingerprint density at radius 1 is 1.12 bits per heavy atom. The van der Waals surface area contributed by atoms with E-state index >= 15 is 0 Å². The van der Waals surface area contributed by atoms with Crippen molar-refractivity contribution >= 4 is 17.7 Å². The highest BCUT2D eigenvalue weighted by Gasteiger charge is 2.40. The van der Waals surface area contributed by atoms with E-state index in [9.17, 15) is 20.0 Å². The summed E-state index contributed by atoms with van der Waals surface area (Å²) in [4.78, 5) is 32.8. The number of rotatable bonds is 4. The topological polar surface area (TPSA) is 149 Å². The van der Waals surface area contributed by atoms with E-state index < -0.39 is 23.3 Å². The molecule has 2 unspecified atom stereocenters. The summed E-state index contributed by atoms with van der Waals surface area (Å²) in [6.45, 7) is 1.53. The van der Waals surface area contributed by atoms with Crippen molar-refractivity contribution in [2.45, 2.75) is 18.9 Å². The van der Waals surface area contributed by atoms with Crippen molar-refractivity contribution in [2.75, 3.05) is 23.8 Å². The SMILES string of the molecule is N#CC1C(=O)Nc2nc(NCc3ccc4c(c3)OCCCO4)[nH]c(=O)c2C1c1ccc(O)cc1. The van der Waals surface area contributed by atoms with Crippen LogP contribution in [-0.2, 0) is 11.3 Å². The predicted molar refractivity (Wildman–Crippen MR) is 122 cm³/mol. The lowest BCUT2D eigenvalue weighted by molar-refractivity contribution is -0.119. The van der Waals surface area contributed by atoms with Crippen LogP contribution < -0.4 is 25.7 Å². The van der Waals surface area contributed by atoms with Crippen LogP contribution in [0.3, 0.4) is 0 Å². The van der Waals surface area contributed by atoms with Crippen molar-refractivity contribution in [3.63, 3.8) is 0 Å². The minimum absolute atomic E-state index is 0.0408. The molecule has 1 amide bonds. The Morgan fingerprint density at radius 3 is 2.65 bits per heavy atom. The fraction of sp³-hybridized carbons (Fsp3) is 0.250. The van der Waals surface area contributed by atoms with Crippen LogP contribution in [0.4, 0.5) is 11.8 Å². The molecular formula is C24H21N5O5. The number of phenolic OH excluding ortho intramolecular Hbond substituents is 1. The number of H-pyrrole nitrogens is 1. The maximum atomic E-state index is 13.1. The van der Waals surface area contributed by atoms with E-state index in [1.54, 1.807) is 12.1 Å². The van der Waals surface area contributed by atoms with E-state index in [2.05, 4.69) is 20.6 Å². The Hall–Kier alpha value is -4.52. The molecule has 0 saturated heterocycles. The molecule has 2 aromatic carbocycles. The molecule has 34 heavy (non-hydrogen) atoms. The quantitative estimate of drug-likeness (QED) is 0.465. The second kappa shape index (κ2) is 8.78. The van der Waals surface area contributed by atoms with Gasteiger partial charge in [-0.25, -0.2) is 0 Å². The van der Waals surface area contributed by atoms with Gasteiger partial charge in [0.2, 0.25) is 11.9 Å². The number of nitrogens with one attached hydrogen (secondary N) is 3. The number of carbonyl (C=O) groups excluding carboxylic acids is 1. The zero-order valence-electron chi connectivity index (χ0n) is 18.0. The lowest BCUT2D eigenvalue weighted by atomic mass is 9.79. The minimum Gasteiger partial charge on any atom is -0.508 e. The van der Waals surface area contributed by atoms with Crippen molar-refractivity contribution in [2.24, 2.45) is 5.92 Å². The van der Waals surface area contributed by atoms with E-state index in [-0.39, 0.29) is 23.1 Å². The van der Waals surface area contributed by atoms with E-state index in [1.807, 2.05) is 24.3 Å². The molecule has 3 aromatic rings. The Labute approximate surface area is 194 Å². The summed E-state index contributed by atoms with van der Waals surface area (Å²) in [5.74, 6) is -0.802. The highest BCUT2D eigenvalue weighted by Crippen LogP contribution is 2.38. The number of amides is 1. The van der Waals surface area contributed by atoms with Gasteiger partial charge in [0.15, 0.2) is 11.5 Å². The third-order valence-corrected chi connectivity index (χ3v) is 5.79. The standard InChI is InChI=1S/C24H21N5O5/c25-11-16-19(14-3-5-15(30)6-4-14)20-21(27-22(16)31)28-24(29-23(20)32)26-12-13-2-7-17-18(10-13)34-9-1-8-33-17/h2-7,10,16,19,30H,1,8-9,12H2,(H3,26,27,28,29,31,32). The third kappa shape index (κ3) is 3.99. The number of nitrogens with zero attached hydrogens (tertiary/aromatic N) is 2. The van der Waals surface area contributed by atoms with Crippen LogP contribution >= 0.6 is 0 Å². The van der Waals surface area contributed by atoms with Gasteiger partial charge in [0.1, 0.15) is 17.5 Å². The Balaban J connectivity index is 1.44. The molecule has 3 heterocycles. The van der Waals surface area contributed by atoms with E-state index in [4.69, 9.17) is 9.47 Å². The average Bonchev–Trinajstić information content (AvgIpc) is 3.07. The molecule has 2 atom stereocenters. The molecule has 2 aliphatic rings. The van der Waals surface area contributed by atoms with Gasteiger partial charge in [-0.1, -0.05) is 18.2 Å². The first-order valence-electron chi connectivity index (χ1n) is 10.8. The Bertz CT molecular complexity index is 1350. The van der Waals surface area contributed by atoms with Gasteiger partial charge in [0.05, 0.1) is 24.8 Å². The van der Waals surface area contributed by atoms with Crippen LogP contribution in [0.5, 0.6) is 17.2 Å². The number of hydrogen-bond donors (Lipinski definition) is 4. The zero-order valence-corrected chi connectivity index (χ0v) is 18.0. The molecule has 0 radical (unpaired) electrons. The number of nitriles is 1. The maximum Gasteiger partial charge on any atom is 0.258 e. The summed E-state index contributed by atoms with van der Waals surface area (Å²) in [5, 5.41) is 24.9. The van der Waals surface area contributed by atoms with Gasteiger partial charge in [-0.3, -0.25) is 14.6 Å². The van der Waals surface area contributed by atoms with Gasteiger partial charge in [-0.05, 0) is 35.4 Å². The number of ether oxygens (including phenoxy) is 2. The normalized spacial score (nSPS) is 18.7. The minimum atomic E-state index is -1.11. The van der Waals surface area contributed by atoms with E-state index in [0.29, 0.717) is 36.8 Å². The van der Waals surface area contributed by atoms with E-state index in [1.165, 1.54) is 12.1 Å². The zero-order chi connectivity index (χ0) is 23.7. The lowest BCUT2D eigenvalue weighted by Gasteiger charge is -2.28. The predicted octanol–water partition coefficient (Wildman–Crippen LogP) is 2.47. The molecule has 10 heteroatoms. The first-order valence-corrected chi connectivity index (χ1v) is 10.8. The number of aromatic nitrogens is 2. The fourth-order valence-corrected chi connectivity index (χ4v) is 4.14. The van der Waals surface area contributed by atoms with Crippen LogP contribution in [0, 0.1) is 17.2 Å². The second-order valence-corrected chi connectivity index (χ2v) is 8.03. The fourth-order valence-electron chi connectivity index (χ4n) is 4.14. The number of aromatic amines is 1. The molecule has 0 bridgehead atoms. The van der Waals surface area contributed by atoms with Crippen LogP contribution in [0.15, 0.2) is 47.3 Å². The van der Waals surface area contributed by atoms with E-state index in [0.717, 1.165) is 12.0 Å². The number of aromatic hydroxyl groups is 1. The Kier molecular flexibility index (Phi) is 5.51. The molecule has 0 spiro atoms. The molecule has 1 aromatic heterocycles. The summed E-state index contributed by atoms with van der Waals surface area (Å²) in [7, 11) is 0. The molecule has 172 valence electrons. The summed E-state index contributed by atoms with van der Waals surface area (Å²) in [6, 6.07) is 13.6. The molecule has 4 N–H and O–H groups in total. The molecule has 0 fully saturated rings. The average molecular weight is 459 g/mol. The number of fused-ring (bicyclic) bond motifs is 2. The number of phenols is 1. The second-order valence-electron chi connectivity index (χ2n) is 8.03. The molecular weight excluding hydrogens is 438 g/mol. The van der Waals surface area contributed by atoms with Gasteiger partial charge in [0.25, 0.3) is 5.56 Å². The summed E-state index contributed by atoms with van der Waals surface area (Å²) in [6.07, 6.45) is 0.812. The largest absolute Gasteiger partial charge is 0.508 e. The highest BCUT2D eigenvalue weighted by molar-refractivity contribution is 5.97. The van der Waals surface area contributed by atoms with Gasteiger partial charge >= 0.3 is 0 Å². The Morgan fingerprint density at radius 2 is 1.88 bits per heavy atom. The molecule has 0 saturated carbocycles. The number of carbonyl (C=O) groups is 1. The van der Waals surface area contributed by atoms with Crippen molar-refractivity contribution in [3.8, 4) is 23.3 Å². The van der Waals surface area contributed by atoms with Crippen LogP contribution in [-0.4, -0.2) is 34.2 Å². The van der Waals surface area contributed by atoms with Crippen LogP contribution in [0.25, 0.3) is 0 Å². The van der Waals surface area contributed by atoms with Crippen molar-refractivity contribution in [1.82, 2.24) is 9.97 Å². The summed E-state index contributed by atoms with van der Waals surface area (Å²) in [5.41, 5.74) is 1.17. The first kappa shape index (κ1) is 21.3. The number of hydrogen-bond acceptors (Lipinski definition) is 8. The number of benzene rings is 2. The molecule has 2 aliphatic heterocycles. The van der Waals surface area contributed by atoms with Crippen molar-refractivity contribution < 1.29 is 19.4 Å². The number of anilines is 2. The monoisotopic (exact) mass is 459 g/mol. The van der Waals surface area contributed by atoms with Crippen LogP contribution in [0.2, 0.25) is 0 Å². The first-order chi connectivity index (χ1) is 16.5. The molecule has 10 nitrogen and oxygen atoms in total. The van der Waals surface area contributed by atoms with Crippen molar-refractivity contribution in [1.29, 1.82) is 5.26 Å². The van der Waals surface area contributed by atoms with Gasteiger partial charge in [0, 0.05) is 18.9 Å². The van der Waals surface area contributed by atoms with Crippen LogP contribution in [0.1, 0.15) is 29.0 Å². The lowest BCUT2D eigenvalue weighted by Crippen LogP contribution is -2.38. The summed E-state index contributed by atoms with van der Waals surface area (Å²) < 4.78 is 11.4. The third-order valence-electron chi connectivity index (χ3n) is 5.79. The van der Waals surface area contributed by atoms with Gasteiger partial charge in [-0.15, -0.1) is 0 Å². The van der Waals surface area contributed by atoms with Gasteiger partial charge < -0.3 is 25.2 Å². The molecule has 5 rings (SSSR count). The maximum absolute atomic E-state index is 13.1. The van der Waals surface area contributed by atoms with Gasteiger partial charge in [-0.2, -0.15) is 10.2 Å². The smallest absolute Gasteiger partial charge is 0.258 e. The molecule has 0 aliphatic carbocycles. The van der Waals surface area contributed by atoms with Crippen molar-refractivity contribution in [3.05, 3.63) is 69.5 Å².